The second kappa shape index (κ2) is 10.7. The third-order valence-electron chi connectivity index (χ3n) is 7.64. The largest absolute Gasteiger partial charge is 0.393 e. The Labute approximate surface area is 204 Å². The van der Waals surface area contributed by atoms with Gasteiger partial charge in [-0.15, -0.1) is 0 Å². The van der Waals surface area contributed by atoms with Crippen molar-refractivity contribution in [2.45, 2.75) is 109 Å². The third-order valence-corrected chi connectivity index (χ3v) is 7.64. The highest BCUT2D eigenvalue weighted by Gasteiger charge is 2.44. The van der Waals surface area contributed by atoms with Crippen LogP contribution in [0, 0.1) is 5.92 Å². The maximum atomic E-state index is 13.4. The van der Waals surface area contributed by atoms with E-state index in [2.05, 4.69) is 41.1 Å². The van der Waals surface area contributed by atoms with E-state index in [1.807, 2.05) is 32.6 Å². The summed E-state index contributed by atoms with van der Waals surface area (Å²) in [6.07, 6.45) is 5.15. The van der Waals surface area contributed by atoms with E-state index in [9.17, 15) is 14.7 Å². The molecule has 2 fully saturated rings. The minimum atomic E-state index is -0.559. The monoisotopic (exact) mass is 473 g/mol. The highest BCUT2D eigenvalue weighted by molar-refractivity contribution is 5.96. The van der Waals surface area contributed by atoms with E-state index >= 15 is 0 Å². The molecule has 0 radical (unpaired) electrons. The van der Waals surface area contributed by atoms with Crippen molar-refractivity contribution < 1.29 is 14.7 Å². The van der Waals surface area contributed by atoms with Crippen LogP contribution in [0.1, 0.15) is 90.0 Å². The van der Waals surface area contributed by atoms with Crippen LogP contribution in [0.25, 0.3) is 0 Å². The van der Waals surface area contributed by atoms with Crippen molar-refractivity contribution in [2.75, 3.05) is 13.6 Å². The number of rotatable bonds is 7. The summed E-state index contributed by atoms with van der Waals surface area (Å²) >= 11 is 0. The third kappa shape index (κ3) is 5.77. The number of hydrogen-bond acceptors (Lipinski definition) is 6. The van der Waals surface area contributed by atoms with Gasteiger partial charge >= 0.3 is 0 Å². The Morgan fingerprint density at radius 3 is 2.62 bits per heavy atom. The summed E-state index contributed by atoms with van der Waals surface area (Å²) < 4.78 is 0. The quantitative estimate of drug-likeness (QED) is 0.632. The molecule has 5 atom stereocenters. The van der Waals surface area contributed by atoms with Crippen LogP contribution < -0.4 is 5.32 Å². The van der Waals surface area contributed by atoms with Gasteiger partial charge in [0.15, 0.2) is 0 Å². The van der Waals surface area contributed by atoms with Crippen molar-refractivity contribution in [3.63, 3.8) is 0 Å². The van der Waals surface area contributed by atoms with Crippen LogP contribution in [-0.2, 0) is 10.2 Å². The minimum absolute atomic E-state index is 0.00714. The molecule has 1 aromatic heterocycles. The van der Waals surface area contributed by atoms with E-state index in [0.29, 0.717) is 37.3 Å². The number of amides is 2. The average molecular weight is 474 g/mol. The molecule has 8 heteroatoms. The molecule has 1 aromatic rings. The van der Waals surface area contributed by atoms with Crippen molar-refractivity contribution in [3.8, 4) is 0 Å². The molecule has 1 aliphatic heterocycles. The standard InChI is InChI=1S/C26H43N5O3/c1-8-22(32)18-15-17(30(7)16(2)3)9-10-21(18)31-14-12-20(24(31)34)28-23(33)19-11-13-27-25(29-19)26(4,5)6/h11,13,16-18,20-22,32H,8-10,12,14-15H2,1-7H3,(H,28,33)/t17-,18+,20?,21+,22?/m1/s1. The molecule has 0 spiro atoms. The number of nitrogens with zero attached hydrogens (tertiary/aromatic N) is 4. The first-order valence-corrected chi connectivity index (χ1v) is 12.8. The molecule has 1 aliphatic carbocycles. The molecule has 1 saturated heterocycles. The molecule has 2 unspecified atom stereocenters. The van der Waals surface area contributed by atoms with Crippen LogP contribution in [0.4, 0.5) is 0 Å². The summed E-state index contributed by atoms with van der Waals surface area (Å²) in [5.41, 5.74) is 0.0103. The average Bonchev–Trinajstić information content (AvgIpc) is 3.16. The van der Waals surface area contributed by atoms with Crippen molar-refractivity contribution in [1.82, 2.24) is 25.1 Å². The van der Waals surface area contributed by atoms with Crippen LogP contribution in [0.5, 0.6) is 0 Å². The van der Waals surface area contributed by atoms with E-state index < -0.39 is 12.1 Å². The minimum Gasteiger partial charge on any atom is -0.393 e. The number of carbonyl (C=O) groups is 2. The molecule has 2 N–H and O–H groups in total. The number of aliphatic hydroxyl groups is 1. The van der Waals surface area contributed by atoms with Gasteiger partial charge in [0.05, 0.1) is 6.10 Å². The molecular formula is C26H43N5O3. The molecule has 1 saturated carbocycles. The van der Waals surface area contributed by atoms with Gasteiger partial charge < -0.3 is 20.2 Å². The zero-order valence-corrected chi connectivity index (χ0v) is 21.9. The molecule has 2 heterocycles. The van der Waals surface area contributed by atoms with Crippen LogP contribution in [-0.4, -0.2) is 80.6 Å². The first-order valence-electron chi connectivity index (χ1n) is 12.8. The Morgan fingerprint density at radius 2 is 2.00 bits per heavy atom. The van der Waals surface area contributed by atoms with Crippen molar-refractivity contribution in [1.29, 1.82) is 0 Å². The molecule has 190 valence electrons. The fraction of sp³-hybridized carbons (Fsp3) is 0.769. The van der Waals surface area contributed by atoms with Gasteiger partial charge in [-0.3, -0.25) is 9.59 Å². The lowest BCUT2D eigenvalue weighted by atomic mass is 9.76. The predicted octanol–water partition coefficient (Wildman–Crippen LogP) is 2.75. The molecule has 8 nitrogen and oxygen atoms in total. The normalized spacial score (nSPS) is 26.9. The number of nitrogens with one attached hydrogen (secondary N) is 1. The van der Waals surface area contributed by atoms with Crippen molar-refractivity contribution in [3.05, 3.63) is 23.8 Å². The highest BCUT2D eigenvalue weighted by Crippen LogP contribution is 2.36. The van der Waals surface area contributed by atoms with Gasteiger partial charge in [0.1, 0.15) is 17.6 Å². The summed E-state index contributed by atoms with van der Waals surface area (Å²) in [5, 5.41) is 13.8. The van der Waals surface area contributed by atoms with Crippen LogP contribution in [0.15, 0.2) is 12.3 Å². The van der Waals surface area contributed by atoms with E-state index in [4.69, 9.17) is 0 Å². The Kier molecular flexibility index (Phi) is 8.34. The Bertz CT molecular complexity index is 868. The fourth-order valence-electron chi connectivity index (χ4n) is 5.30. The number of hydrogen-bond donors (Lipinski definition) is 2. The summed E-state index contributed by atoms with van der Waals surface area (Å²) in [6.45, 7) is 13.0. The summed E-state index contributed by atoms with van der Waals surface area (Å²) in [5.74, 6) is 0.242. The van der Waals surface area contributed by atoms with Crippen LogP contribution >= 0.6 is 0 Å². The van der Waals surface area contributed by atoms with Crippen molar-refractivity contribution >= 4 is 11.8 Å². The molecule has 2 aliphatic rings. The Morgan fingerprint density at radius 1 is 1.29 bits per heavy atom. The molecule has 3 rings (SSSR count). The van der Waals surface area contributed by atoms with E-state index in [-0.39, 0.29) is 34.9 Å². The van der Waals surface area contributed by atoms with Crippen molar-refractivity contribution in [2.24, 2.45) is 5.92 Å². The Hall–Kier alpha value is -2.06. The summed E-state index contributed by atoms with van der Waals surface area (Å²) in [4.78, 5) is 39.3. The maximum absolute atomic E-state index is 13.4. The van der Waals surface area contributed by atoms with Gasteiger partial charge in [0.25, 0.3) is 5.91 Å². The first-order chi connectivity index (χ1) is 15.9. The molecule has 0 bridgehead atoms. The molecule has 2 amide bonds. The van der Waals surface area contributed by atoms with Gasteiger partial charge in [-0.2, -0.15) is 0 Å². The summed E-state index contributed by atoms with van der Waals surface area (Å²) in [7, 11) is 2.15. The second-order valence-corrected chi connectivity index (χ2v) is 11.3. The number of likely N-dealkylation sites (tertiary alicyclic amines) is 1. The number of aliphatic hydroxyl groups excluding tert-OH is 1. The Balaban J connectivity index is 1.69. The fourth-order valence-corrected chi connectivity index (χ4v) is 5.30. The molecule has 34 heavy (non-hydrogen) atoms. The number of carbonyl (C=O) groups excluding carboxylic acids is 2. The highest BCUT2D eigenvalue weighted by atomic mass is 16.3. The van der Waals surface area contributed by atoms with Gasteiger partial charge in [-0.05, 0) is 59.1 Å². The summed E-state index contributed by atoms with van der Waals surface area (Å²) in [6, 6.07) is 1.88. The van der Waals surface area contributed by atoms with Crippen LogP contribution in [0.3, 0.4) is 0 Å². The molecular weight excluding hydrogens is 430 g/mol. The van der Waals surface area contributed by atoms with Gasteiger partial charge in [-0.25, -0.2) is 9.97 Å². The van der Waals surface area contributed by atoms with Gasteiger partial charge in [-0.1, -0.05) is 27.7 Å². The van der Waals surface area contributed by atoms with E-state index in [1.54, 1.807) is 12.3 Å². The molecule has 0 aromatic carbocycles. The zero-order chi connectivity index (χ0) is 25.2. The van der Waals surface area contributed by atoms with Crippen LogP contribution in [0.2, 0.25) is 0 Å². The second-order valence-electron chi connectivity index (χ2n) is 11.3. The first kappa shape index (κ1) is 26.5. The number of aromatic nitrogens is 2. The zero-order valence-electron chi connectivity index (χ0n) is 21.9. The lowest BCUT2D eigenvalue weighted by Crippen LogP contribution is -2.54. The lowest BCUT2D eigenvalue weighted by molar-refractivity contribution is -0.134. The SMILES string of the molecule is CCC(O)[C@H]1C[C@H](N(C)C(C)C)CC[C@@H]1N1CCC(NC(=O)c2ccnc(C(C)(C)C)n2)C1=O. The van der Waals surface area contributed by atoms with Gasteiger partial charge in [0.2, 0.25) is 5.91 Å². The topological polar surface area (TPSA) is 98.7 Å². The lowest BCUT2D eigenvalue weighted by Gasteiger charge is -2.46. The maximum Gasteiger partial charge on any atom is 0.270 e. The van der Waals surface area contributed by atoms with E-state index in [1.165, 1.54) is 0 Å². The van der Waals surface area contributed by atoms with Gasteiger partial charge in [0, 0.05) is 42.2 Å². The smallest absolute Gasteiger partial charge is 0.270 e. The predicted molar refractivity (Wildman–Crippen MR) is 132 cm³/mol. The van der Waals surface area contributed by atoms with E-state index in [0.717, 1.165) is 19.3 Å².